The Morgan fingerprint density at radius 1 is 1.23 bits per heavy atom. The predicted octanol–water partition coefficient (Wildman–Crippen LogP) is 2.32. The summed E-state index contributed by atoms with van der Waals surface area (Å²) in [5, 5.41) is 6.85. The van der Waals surface area contributed by atoms with Gasteiger partial charge in [-0.1, -0.05) is 13.8 Å². The van der Waals surface area contributed by atoms with Gasteiger partial charge in [-0.2, -0.15) is 0 Å². The average molecular weight is 426 g/mol. The van der Waals surface area contributed by atoms with Crippen LogP contribution in [0.25, 0.3) is 0 Å². The Balaban J connectivity index is 0.00000441. The molecule has 0 spiro atoms. The van der Waals surface area contributed by atoms with Gasteiger partial charge in [-0.25, -0.2) is 0 Å². The zero-order chi connectivity index (χ0) is 15.7. The highest BCUT2D eigenvalue weighted by atomic mass is 127. The number of hydrogen-bond acceptors (Lipinski definition) is 3. The molecule has 0 radical (unpaired) electrons. The molecule has 1 fully saturated rings. The van der Waals surface area contributed by atoms with Crippen LogP contribution in [-0.2, 0) is 4.74 Å². The molecule has 0 atom stereocenters. The second kappa shape index (κ2) is 11.5. The van der Waals surface area contributed by atoms with Gasteiger partial charge in [0.2, 0.25) is 0 Å². The fourth-order valence-electron chi connectivity index (χ4n) is 2.52. The summed E-state index contributed by atoms with van der Waals surface area (Å²) in [5.41, 5.74) is 0.110. The van der Waals surface area contributed by atoms with Gasteiger partial charge in [0, 0.05) is 38.8 Å². The SMILES string of the molecule is CN=C(NCCCC(C)C)NCC(C)(C)N1CCOCC1.I. The molecule has 22 heavy (non-hydrogen) atoms. The minimum Gasteiger partial charge on any atom is -0.379 e. The first kappa shape index (κ1) is 21.9. The second-order valence-electron chi connectivity index (χ2n) is 6.80. The third kappa shape index (κ3) is 8.53. The van der Waals surface area contributed by atoms with Crippen LogP contribution in [0.1, 0.15) is 40.5 Å². The number of morpholine rings is 1. The largest absolute Gasteiger partial charge is 0.379 e. The maximum atomic E-state index is 5.43. The molecule has 0 aromatic heterocycles. The summed E-state index contributed by atoms with van der Waals surface area (Å²) in [6, 6.07) is 0. The fraction of sp³-hybridized carbons (Fsp3) is 0.938. The summed E-state index contributed by atoms with van der Waals surface area (Å²) in [7, 11) is 1.83. The number of guanidine groups is 1. The van der Waals surface area contributed by atoms with E-state index in [2.05, 4.69) is 48.2 Å². The number of hydrogen-bond donors (Lipinski definition) is 2. The number of halogens is 1. The minimum absolute atomic E-state index is 0. The van der Waals surface area contributed by atoms with Crippen molar-refractivity contribution in [3.63, 3.8) is 0 Å². The van der Waals surface area contributed by atoms with Crippen LogP contribution in [-0.4, -0.2) is 62.8 Å². The Morgan fingerprint density at radius 3 is 2.41 bits per heavy atom. The molecular weight excluding hydrogens is 391 g/mol. The van der Waals surface area contributed by atoms with E-state index in [0.717, 1.165) is 51.3 Å². The molecule has 5 nitrogen and oxygen atoms in total. The van der Waals surface area contributed by atoms with E-state index < -0.39 is 0 Å². The molecule has 0 unspecified atom stereocenters. The average Bonchev–Trinajstić information content (AvgIpc) is 2.47. The molecule has 1 aliphatic rings. The molecule has 1 heterocycles. The van der Waals surface area contributed by atoms with Gasteiger partial charge in [0.1, 0.15) is 0 Å². The smallest absolute Gasteiger partial charge is 0.191 e. The van der Waals surface area contributed by atoms with Crippen molar-refractivity contribution in [2.75, 3.05) is 46.4 Å². The lowest BCUT2D eigenvalue weighted by Gasteiger charge is -2.41. The van der Waals surface area contributed by atoms with Gasteiger partial charge >= 0.3 is 0 Å². The van der Waals surface area contributed by atoms with E-state index in [1.54, 1.807) is 0 Å². The molecular formula is C16H35IN4O. The second-order valence-corrected chi connectivity index (χ2v) is 6.80. The number of aliphatic imine (C=N–C) groups is 1. The van der Waals surface area contributed by atoms with Crippen molar-refractivity contribution in [2.24, 2.45) is 10.9 Å². The molecule has 1 aliphatic heterocycles. The van der Waals surface area contributed by atoms with E-state index in [1.807, 2.05) is 7.05 Å². The molecule has 0 aromatic rings. The van der Waals surface area contributed by atoms with E-state index in [9.17, 15) is 0 Å². The van der Waals surface area contributed by atoms with Crippen molar-refractivity contribution in [2.45, 2.75) is 46.1 Å². The van der Waals surface area contributed by atoms with E-state index in [-0.39, 0.29) is 29.5 Å². The summed E-state index contributed by atoms with van der Waals surface area (Å²) in [6.07, 6.45) is 2.44. The van der Waals surface area contributed by atoms with Crippen LogP contribution >= 0.6 is 24.0 Å². The summed E-state index contributed by atoms with van der Waals surface area (Å²) >= 11 is 0. The fourth-order valence-corrected chi connectivity index (χ4v) is 2.52. The Bertz CT molecular complexity index is 315. The Hall–Kier alpha value is -0.0800. The zero-order valence-corrected chi connectivity index (χ0v) is 17.3. The lowest BCUT2D eigenvalue weighted by molar-refractivity contribution is -0.00833. The highest BCUT2D eigenvalue weighted by Gasteiger charge is 2.28. The van der Waals surface area contributed by atoms with E-state index in [4.69, 9.17) is 4.74 Å². The summed E-state index contributed by atoms with van der Waals surface area (Å²) in [6.45, 7) is 14.6. The van der Waals surface area contributed by atoms with Crippen LogP contribution in [0.5, 0.6) is 0 Å². The molecule has 0 saturated carbocycles. The van der Waals surface area contributed by atoms with Crippen LogP contribution in [0.15, 0.2) is 4.99 Å². The maximum absolute atomic E-state index is 5.43. The monoisotopic (exact) mass is 426 g/mol. The molecule has 1 rings (SSSR count). The predicted molar refractivity (Wildman–Crippen MR) is 105 cm³/mol. The maximum Gasteiger partial charge on any atom is 0.191 e. The summed E-state index contributed by atoms with van der Waals surface area (Å²) in [4.78, 5) is 6.79. The molecule has 6 heteroatoms. The van der Waals surface area contributed by atoms with Crippen LogP contribution in [0, 0.1) is 5.92 Å². The van der Waals surface area contributed by atoms with Crippen LogP contribution in [0.4, 0.5) is 0 Å². The normalized spacial score (nSPS) is 17.3. The standard InChI is InChI=1S/C16H34N4O.HI/c1-14(2)7-6-8-18-15(17-5)19-13-16(3,4)20-9-11-21-12-10-20;/h14H,6-13H2,1-5H3,(H2,17,18,19);1H. The van der Waals surface area contributed by atoms with Gasteiger partial charge in [0.15, 0.2) is 5.96 Å². The van der Waals surface area contributed by atoms with Crippen LogP contribution < -0.4 is 10.6 Å². The first-order valence-electron chi connectivity index (χ1n) is 8.23. The summed E-state index contributed by atoms with van der Waals surface area (Å²) < 4.78 is 5.43. The summed E-state index contributed by atoms with van der Waals surface area (Å²) in [5.74, 6) is 1.67. The first-order chi connectivity index (χ1) is 9.95. The third-order valence-electron chi connectivity index (χ3n) is 4.03. The Kier molecular flexibility index (Phi) is 11.4. The van der Waals surface area contributed by atoms with Gasteiger partial charge in [-0.15, -0.1) is 24.0 Å². The third-order valence-corrected chi connectivity index (χ3v) is 4.03. The van der Waals surface area contributed by atoms with Crippen molar-refractivity contribution < 1.29 is 4.74 Å². The van der Waals surface area contributed by atoms with Crippen molar-refractivity contribution in [1.29, 1.82) is 0 Å². The van der Waals surface area contributed by atoms with Crippen molar-refractivity contribution in [3.8, 4) is 0 Å². The number of rotatable bonds is 7. The number of nitrogens with zero attached hydrogens (tertiary/aromatic N) is 2. The highest BCUT2D eigenvalue weighted by molar-refractivity contribution is 14.0. The van der Waals surface area contributed by atoms with E-state index in [0.29, 0.717) is 0 Å². The van der Waals surface area contributed by atoms with E-state index in [1.165, 1.54) is 12.8 Å². The van der Waals surface area contributed by atoms with Gasteiger partial charge < -0.3 is 15.4 Å². The number of ether oxygens (including phenoxy) is 1. The molecule has 132 valence electrons. The lowest BCUT2D eigenvalue weighted by atomic mass is 10.0. The topological polar surface area (TPSA) is 48.9 Å². The highest BCUT2D eigenvalue weighted by Crippen LogP contribution is 2.14. The van der Waals surface area contributed by atoms with Crippen molar-refractivity contribution in [3.05, 3.63) is 0 Å². The first-order valence-corrected chi connectivity index (χ1v) is 8.23. The molecule has 0 aromatic carbocycles. The quantitative estimate of drug-likeness (QED) is 0.284. The molecule has 0 amide bonds. The minimum atomic E-state index is 0. The van der Waals surface area contributed by atoms with Crippen LogP contribution in [0.3, 0.4) is 0 Å². The van der Waals surface area contributed by atoms with Gasteiger partial charge in [0.25, 0.3) is 0 Å². The van der Waals surface area contributed by atoms with Crippen molar-refractivity contribution >= 4 is 29.9 Å². The molecule has 0 aliphatic carbocycles. The lowest BCUT2D eigenvalue weighted by Crippen LogP contribution is -2.56. The molecule has 0 bridgehead atoms. The zero-order valence-electron chi connectivity index (χ0n) is 14.9. The molecule has 1 saturated heterocycles. The number of nitrogens with one attached hydrogen (secondary N) is 2. The van der Waals surface area contributed by atoms with Crippen LogP contribution in [0.2, 0.25) is 0 Å². The molecule has 2 N–H and O–H groups in total. The van der Waals surface area contributed by atoms with Crippen molar-refractivity contribution in [1.82, 2.24) is 15.5 Å². The van der Waals surface area contributed by atoms with Gasteiger partial charge in [0.05, 0.1) is 13.2 Å². The van der Waals surface area contributed by atoms with E-state index >= 15 is 0 Å². The van der Waals surface area contributed by atoms with Gasteiger partial charge in [-0.3, -0.25) is 9.89 Å². The Labute approximate surface area is 153 Å². The Morgan fingerprint density at radius 2 is 1.86 bits per heavy atom. The van der Waals surface area contributed by atoms with Gasteiger partial charge in [-0.05, 0) is 32.6 Å².